The van der Waals surface area contributed by atoms with E-state index in [1.165, 1.54) is 45.0 Å². The van der Waals surface area contributed by atoms with Gasteiger partial charge in [-0.05, 0) is 94.0 Å². The highest BCUT2D eigenvalue weighted by Crippen LogP contribution is 2.58. The van der Waals surface area contributed by atoms with Gasteiger partial charge in [-0.1, -0.05) is 125 Å². The number of fused-ring (bicyclic) bond motifs is 9. The Labute approximate surface area is 300 Å². The molecule has 0 N–H and O–H groups in total. The van der Waals surface area contributed by atoms with Crippen LogP contribution in [0.2, 0.25) is 0 Å². The van der Waals surface area contributed by atoms with Crippen LogP contribution in [0, 0.1) is 0 Å². The largest absolute Gasteiger partial charge is 0.314 e. The minimum absolute atomic E-state index is 0.143. The Kier molecular flexibility index (Phi) is 6.18. The number of para-hydroxylation sites is 4. The summed E-state index contributed by atoms with van der Waals surface area (Å²) >= 11 is 0. The number of hydrogen-bond donors (Lipinski definition) is 0. The predicted molar refractivity (Wildman–Crippen MR) is 216 cm³/mol. The van der Waals surface area contributed by atoms with Crippen molar-refractivity contribution < 1.29 is 4.57 Å². The zero-order chi connectivity index (χ0) is 34.9. The lowest BCUT2D eigenvalue weighted by atomic mass is 9.73. The van der Waals surface area contributed by atoms with Crippen LogP contribution in [0.4, 0.5) is 34.1 Å². The number of nitrogens with zero attached hydrogens (tertiary/aromatic N) is 2. The molecular weight excluding hydrogens is 640 g/mol. The minimum atomic E-state index is -2.93. The highest BCUT2D eigenvalue weighted by Gasteiger charge is 2.42. The first-order chi connectivity index (χ1) is 24.6. The molecule has 4 heteroatoms. The van der Waals surface area contributed by atoms with E-state index in [2.05, 4.69) is 183 Å². The van der Waals surface area contributed by atoms with Gasteiger partial charge in [0.2, 0.25) is 0 Å². The number of benzene rings is 7. The molecule has 3 aliphatic rings. The molecule has 3 aliphatic heterocycles. The number of anilines is 6. The van der Waals surface area contributed by atoms with E-state index in [-0.39, 0.29) is 10.8 Å². The highest BCUT2D eigenvalue weighted by atomic mass is 31.2. The molecule has 0 fully saturated rings. The summed E-state index contributed by atoms with van der Waals surface area (Å²) in [4.78, 5) is 4.84. The van der Waals surface area contributed by atoms with E-state index in [1.807, 2.05) is 6.66 Å². The predicted octanol–water partition coefficient (Wildman–Crippen LogP) is 12.0. The van der Waals surface area contributed by atoms with Gasteiger partial charge in [0, 0.05) is 32.5 Å². The van der Waals surface area contributed by atoms with Gasteiger partial charge in [0.05, 0.1) is 28.4 Å². The third-order valence-electron chi connectivity index (χ3n) is 11.9. The minimum Gasteiger partial charge on any atom is -0.314 e. The van der Waals surface area contributed by atoms with Crippen LogP contribution in [0.3, 0.4) is 0 Å². The first-order valence-electron chi connectivity index (χ1n) is 17.9. The molecule has 7 aromatic rings. The average Bonchev–Trinajstić information content (AvgIpc) is 3.37. The Morgan fingerprint density at radius 3 is 1.39 bits per heavy atom. The lowest BCUT2D eigenvalue weighted by Crippen LogP contribution is -2.30. The Bertz CT molecular complexity index is 2570. The molecule has 0 aliphatic carbocycles. The van der Waals surface area contributed by atoms with Crippen LogP contribution in [0.5, 0.6) is 0 Å². The fraction of sp³-hybridized carbons (Fsp3) is 0.149. The molecule has 10 rings (SSSR count). The topological polar surface area (TPSA) is 23.6 Å². The van der Waals surface area contributed by atoms with Gasteiger partial charge in [-0.3, -0.25) is 0 Å². The summed E-state index contributed by atoms with van der Waals surface area (Å²) in [6.45, 7) is 11.3. The molecule has 0 bridgehead atoms. The molecule has 0 aromatic heterocycles. The Morgan fingerprint density at radius 2 is 0.882 bits per heavy atom. The molecular formula is C47H39N2OP. The summed E-state index contributed by atoms with van der Waals surface area (Å²) in [7, 11) is -2.93. The molecule has 3 nitrogen and oxygen atoms in total. The van der Waals surface area contributed by atoms with Crippen molar-refractivity contribution in [3.05, 3.63) is 168 Å². The molecule has 248 valence electrons. The second-order valence-electron chi connectivity index (χ2n) is 15.5. The summed E-state index contributed by atoms with van der Waals surface area (Å²) in [5, 5.41) is 4.07. The van der Waals surface area contributed by atoms with Crippen molar-refractivity contribution in [3.8, 4) is 11.1 Å². The maximum Gasteiger partial charge on any atom is 0.142 e. The maximum absolute atomic E-state index is 15.2. The van der Waals surface area contributed by atoms with Crippen molar-refractivity contribution in [2.24, 2.45) is 0 Å². The number of hydrogen-bond acceptors (Lipinski definition) is 3. The Morgan fingerprint density at radius 1 is 0.451 bits per heavy atom. The first kappa shape index (κ1) is 30.5. The fourth-order valence-electron chi connectivity index (χ4n) is 9.44. The Hall–Kier alpha value is -5.37. The van der Waals surface area contributed by atoms with E-state index in [9.17, 15) is 0 Å². The van der Waals surface area contributed by atoms with Gasteiger partial charge in [0.15, 0.2) is 0 Å². The summed E-state index contributed by atoms with van der Waals surface area (Å²) in [6, 6.07) is 52.7. The summed E-state index contributed by atoms with van der Waals surface area (Å²) in [5.74, 6) is 0. The zero-order valence-corrected chi connectivity index (χ0v) is 30.5. The van der Waals surface area contributed by atoms with E-state index < -0.39 is 7.14 Å². The molecule has 0 spiro atoms. The fourth-order valence-corrected chi connectivity index (χ4v) is 12.0. The molecule has 0 saturated carbocycles. The van der Waals surface area contributed by atoms with Crippen LogP contribution in [0.1, 0.15) is 49.9 Å². The van der Waals surface area contributed by atoms with Crippen LogP contribution in [0.15, 0.2) is 146 Å². The smallest absolute Gasteiger partial charge is 0.142 e. The summed E-state index contributed by atoms with van der Waals surface area (Å²) in [6.07, 6.45) is 0. The van der Waals surface area contributed by atoms with Gasteiger partial charge >= 0.3 is 0 Å². The molecule has 51 heavy (non-hydrogen) atoms. The normalized spacial score (nSPS) is 18.7. The van der Waals surface area contributed by atoms with E-state index in [1.54, 1.807) is 0 Å². The van der Waals surface area contributed by atoms with Crippen LogP contribution in [-0.2, 0) is 15.4 Å². The van der Waals surface area contributed by atoms with Crippen molar-refractivity contribution in [1.29, 1.82) is 0 Å². The number of rotatable bonds is 2. The lowest BCUT2D eigenvalue weighted by molar-refractivity contribution is 0.591. The van der Waals surface area contributed by atoms with E-state index in [0.717, 1.165) is 43.9 Å². The second kappa shape index (κ2) is 10.3. The molecule has 1 unspecified atom stereocenters. The van der Waals surface area contributed by atoms with Crippen molar-refractivity contribution in [2.45, 2.75) is 38.5 Å². The van der Waals surface area contributed by atoms with Gasteiger partial charge in [0.25, 0.3) is 0 Å². The van der Waals surface area contributed by atoms with Crippen molar-refractivity contribution in [2.75, 3.05) is 16.5 Å². The van der Waals surface area contributed by atoms with Crippen molar-refractivity contribution in [1.82, 2.24) is 0 Å². The lowest BCUT2D eigenvalue weighted by Gasteiger charge is -2.42. The van der Waals surface area contributed by atoms with Crippen molar-refractivity contribution in [3.63, 3.8) is 0 Å². The van der Waals surface area contributed by atoms with Crippen LogP contribution >= 0.6 is 7.14 Å². The SMILES string of the molecule is CC1(C)c2ccccc2N(c2ccc3c(c2)-c2cc(N4c5ccccc5C(C)(C)c5ccccc54)c4ccccc4c2P3(C)=O)c2ccccc21. The van der Waals surface area contributed by atoms with Crippen LogP contribution < -0.4 is 20.4 Å². The highest BCUT2D eigenvalue weighted by molar-refractivity contribution is 7.79. The third-order valence-corrected chi connectivity index (χ3v) is 14.6. The quantitative estimate of drug-likeness (QED) is 0.170. The van der Waals surface area contributed by atoms with Gasteiger partial charge in [-0.2, -0.15) is 0 Å². The Balaban J connectivity index is 1.25. The van der Waals surface area contributed by atoms with Gasteiger partial charge in [0.1, 0.15) is 7.14 Å². The maximum atomic E-state index is 15.2. The molecule has 0 saturated heterocycles. The van der Waals surface area contributed by atoms with Crippen LogP contribution in [-0.4, -0.2) is 6.66 Å². The second-order valence-corrected chi connectivity index (χ2v) is 18.2. The summed E-state index contributed by atoms with van der Waals surface area (Å²) < 4.78 is 15.2. The molecule has 0 radical (unpaired) electrons. The van der Waals surface area contributed by atoms with Gasteiger partial charge in [-0.25, -0.2) is 0 Å². The standard InChI is InChI=1S/C47H39N2OP/c1-46(2)35-18-8-12-22-39(35)48(40-23-13-9-19-36(40)46)30-26-27-44-33(28-30)34-29-43(31-16-6-7-17-32(31)45(34)51(44,5)50)49-41-24-14-10-20-37(41)47(3,4)38-21-11-15-25-42(38)49/h6-29H,1-5H3. The third kappa shape index (κ3) is 3.99. The van der Waals surface area contributed by atoms with E-state index >= 15 is 4.57 Å². The zero-order valence-electron chi connectivity index (χ0n) is 29.6. The molecule has 7 aromatic carbocycles. The first-order valence-corrected chi connectivity index (χ1v) is 20.0. The average molecular weight is 679 g/mol. The van der Waals surface area contributed by atoms with Crippen molar-refractivity contribution >= 4 is 62.6 Å². The van der Waals surface area contributed by atoms with Gasteiger partial charge < -0.3 is 14.4 Å². The van der Waals surface area contributed by atoms with E-state index in [0.29, 0.717) is 0 Å². The summed E-state index contributed by atoms with van der Waals surface area (Å²) in [5.41, 5.74) is 13.9. The van der Waals surface area contributed by atoms with Crippen LogP contribution in [0.25, 0.3) is 21.9 Å². The molecule has 0 amide bonds. The molecule has 1 atom stereocenters. The van der Waals surface area contributed by atoms with Gasteiger partial charge in [-0.15, -0.1) is 0 Å². The monoisotopic (exact) mass is 678 g/mol. The van der Waals surface area contributed by atoms with E-state index in [4.69, 9.17) is 0 Å². The molecule has 3 heterocycles.